The van der Waals surface area contributed by atoms with E-state index in [0.717, 1.165) is 52.0 Å². The van der Waals surface area contributed by atoms with E-state index >= 15 is 0 Å². The molecule has 1 fully saturated rings. The number of nitrogens with one attached hydrogen (secondary N) is 1. The fourth-order valence-corrected chi connectivity index (χ4v) is 4.28. The number of fused-ring (bicyclic) bond motifs is 1. The molecule has 140 valence electrons. The summed E-state index contributed by atoms with van der Waals surface area (Å²) < 4.78 is 0. The molecular weight excluding hydrogens is 360 g/mol. The Kier molecular flexibility index (Phi) is 5.13. The largest absolute Gasteiger partial charge is 0.396 e. The second kappa shape index (κ2) is 7.70. The average molecular weight is 382 g/mol. The summed E-state index contributed by atoms with van der Waals surface area (Å²) in [6.45, 7) is 2.16. The zero-order valence-electron chi connectivity index (χ0n) is 15.2. The van der Waals surface area contributed by atoms with Crippen LogP contribution >= 0.6 is 11.3 Å². The van der Waals surface area contributed by atoms with Crippen molar-refractivity contribution >= 4 is 33.8 Å². The van der Waals surface area contributed by atoms with Crippen LogP contribution in [0.5, 0.6) is 0 Å². The van der Waals surface area contributed by atoms with E-state index in [1.807, 2.05) is 25.1 Å². The van der Waals surface area contributed by atoms with Crippen molar-refractivity contribution in [2.45, 2.75) is 32.6 Å². The third kappa shape index (κ3) is 3.99. The summed E-state index contributed by atoms with van der Waals surface area (Å²) in [6, 6.07) is 7.99. The number of benzene rings is 1. The summed E-state index contributed by atoms with van der Waals surface area (Å²) >= 11 is 1.56. The van der Waals surface area contributed by atoms with Gasteiger partial charge in [-0.05, 0) is 56.0 Å². The van der Waals surface area contributed by atoms with E-state index < -0.39 is 0 Å². The summed E-state index contributed by atoms with van der Waals surface area (Å²) in [5.74, 6) is 0.938. The Morgan fingerprint density at radius 2 is 2.00 bits per heavy atom. The molecule has 1 saturated carbocycles. The number of rotatable bonds is 4. The highest BCUT2D eigenvalue weighted by Crippen LogP contribution is 2.30. The molecule has 2 N–H and O–H groups in total. The maximum atomic E-state index is 12.6. The first-order chi connectivity index (χ1) is 13.1. The number of anilines is 1. The number of amides is 1. The minimum Gasteiger partial charge on any atom is -0.396 e. The first-order valence-corrected chi connectivity index (χ1v) is 10.1. The second-order valence-electron chi connectivity index (χ2n) is 7.15. The number of hydrogen-bond acceptors (Lipinski definition) is 6. The third-order valence-corrected chi connectivity index (χ3v) is 6.11. The van der Waals surface area contributed by atoms with Crippen LogP contribution in [0, 0.1) is 18.8 Å². The SMILES string of the molecule is Cc1nnc(-c2ccc3cnc(NC(=O)C4CCC(CO)CC4)cc3c2)s1. The molecule has 0 saturated heterocycles. The maximum absolute atomic E-state index is 12.6. The Labute approximate surface area is 161 Å². The van der Waals surface area contributed by atoms with E-state index in [1.165, 1.54) is 0 Å². The van der Waals surface area contributed by atoms with Crippen molar-refractivity contribution in [3.8, 4) is 10.6 Å². The molecule has 3 aromatic rings. The molecule has 1 aromatic carbocycles. The molecule has 0 radical (unpaired) electrons. The van der Waals surface area contributed by atoms with E-state index in [1.54, 1.807) is 17.5 Å². The van der Waals surface area contributed by atoms with Crippen LogP contribution in [0.25, 0.3) is 21.3 Å². The Bertz CT molecular complexity index is 964. The summed E-state index contributed by atoms with van der Waals surface area (Å²) in [5, 5.41) is 24.3. The van der Waals surface area contributed by atoms with Crippen LogP contribution in [0.4, 0.5) is 5.82 Å². The molecule has 6 nitrogen and oxygen atoms in total. The van der Waals surface area contributed by atoms with Gasteiger partial charge in [0.05, 0.1) is 0 Å². The predicted molar refractivity (Wildman–Crippen MR) is 107 cm³/mol. The highest BCUT2D eigenvalue weighted by Gasteiger charge is 2.26. The number of aryl methyl sites for hydroxylation is 1. The molecule has 27 heavy (non-hydrogen) atoms. The van der Waals surface area contributed by atoms with Crippen molar-refractivity contribution < 1.29 is 9.90 Å². The minimum absolute atomic E-state index is 0.000926. The second-order valence-corrected chi connectivity index (χ2v) is 8.33. The Balaban J connectivity index is 1.51. The van der Waals surface area contributed by atoms with Crippen LogP contribution in [0.1, 0.15) is 30.7 Å². The molecule has 0 atom stereocenters. The minimum atomic E-state index is 0.000926. The predicted octanol–water partition coefficient (Wildman–Crippen LogP) is 3.80. The number of hydrogen-bond donors (Lipinski definition) is 2. The van der Waals surface area contributed by atoms with E-state index in [4.69, 9.17) is 0 Å². The van der Waals surface area contributed by atoms with Crippen LogP contribution in [-0.4, -0.2) is 32.8 Å². The van der Waals surface area contributed by atoms with Crippen molar-refractivity contribution in [2.75, 3.05) is 11.9 Å². The van der Waals surface area contributed by atoms with Gasteiger partial charge in [-0.2, -0.15) is 0 Å². The molecule has 0 bridgehead atoms. The van der Waals surface area contributed by atoms with Gasteiger partial charge in [-0.15, -0.1) is 10.2 Å². The zero-order chi connectivity index (χ0) is 18.8. The number of aliphatic hydroxyl groups excluding tert-OH is 1. The van der Waals surface area contributed by atoms with E-state index in [0.29, 0.717) is 11.7 Å². The molecule has 1 aliphatic rings. The molecule has 0 aliphatic heterocycles. The fraction of sp³-hybridized carbons (Fsp3) is 0.400. The number of aromatic nitrogens is 3. The van der Waals surface area contributed by atoms with Crippen molar-refractivity contribution in [3.63, 3.8) is 0 Å². The number of aliphatic hydroxyl groups is 1. The van der Waals surface area contributed by atoms with Gasteiger partial charge in [0.25, 0.3) is 0 Å². The fourth-order valence-electron chi connectivity index (χ4n) is 3.59. The van der Waals surface area contributed by atoms with Crippen molar-refractivity contribution in [2.24, 2.45) is 11.8 Å². The zero-order valence-corrected chi connectivity index (χ0v) is 16.0. The van der Waals surface area contributed by atoms with Crippen LogP contribution in [0.3, 0.4) is 0 Å². The Morgan fingerprint density at radius 3 is 2.70 bits per heavy atom. The van der Waals surface area contributed by atoms with E-state index in [-0.39, 0.29) is 18.4 Å². The normalized spacial score (nSPS) is 19.9. The maximum Gasteiger partial charge on any atom is 0.228 e. The highest BCUT2D eigenvalue weighted by molar-refractivity contribution is 7.14. The standard InChI is InChI=1S/C20H22N4O2S/c1-12-23-24-20(27-12)15-6-7-16-10-21-18(9-17(16)8-15)22-19(26)14-4-2-13(11-25)3-5-14/h6-10,13-14,25H,2-5,11H2,1H3,(H,21,22,26). The molecule has 4 rings (SSSR count). The summed E-state index contributed by atoms with van der Waals surface area (Å²) in [4.78, 5) is 16.9. The first kappa shape index (κ1) is 18.0. The van der Waals surface area contributed by atoms with Gasteiger partial charge in [-0.3, -0.25) is 4.79 Å². The molecule has 0 spiro atoms. The lowest BCUT2D eigenvalue weighted by Gasteiger charge is -2.26. The van der Waals surface area contributed by atoms with Crippen molar-refractivity contribution in [1.29, 1.82) is 0 Å². The van der Waals surface area contributed by atoms with Gasteiger partial charge in [0.2, 0.25) is 5.91 Å². The lowest BCUT2D eigenvalue weighted by Crippen LogP contribution is -2.28. The molecule has 1 aliphatic carbocycles. The topological polar surface area (TPSA) is 88.0 Å². The van der Waals surface area contributed by atoms with Gasteiger partial charge < -0.3 is 10.4 Å². The van der Waals surface area contributed by atoms with Gasteiger partial charge in [0.15, 0.2) is 0 Å². The molecule has 2 heterocycles. The van der Waals surface area contributed by atoms with Gasteiger partial charge in [0, 0.05) is 29.7 Å². The van der Waals surface area contributed by atoms with Crippen LogP contribution in [0.15, 0.2) is 30.5 Å². The number of carbonyl (C=O) groups excluding carboxylic acids is 1. The molecule has 1 amide bonds. The monoisotopic (exact) mass is 382 g/mol. The van der Waals surface area contributed by atoms with Crippen LogP contribution < -0.4 is 5.32 Å². The van der Waals surface area contributed by atoms with Crippen molar-refractivity contribution in [1.82, 2.24) is 15.2 Å². The summed E-state index contributed by atoms with van der Waals surface area (Å²) in [5.41, 5.74) is 1.01. The molecular formula is C20H22N4O2S. The number of pyridine rings is 1. The van der Waals surface area contributed by atoms with Gasteiger partial charge in [-0.25, -0.2) is 4.98 Å². The molecule has 7 heteroatoms. The van der Waals surface area contributed by atoms with Crippen LogP contribution in [0.2, 0.25) is 0 Å². The van der Waals surface area contributed by atoms with Crippen LogP contribution in [-0.2, 0) is 4.79 Å². The lowest BCUT2D eigenvalue weighted by atomic mass is 9.82. The van der Waals surface area contributed by atoms with Gasteiger partial charge in [0.1, 0.15) is 15.8 Å². The Hall–Kier alpha value is -2.38. The van der Waals surface area contributed by atoms with E-state index in [9.17, 15) is 9.90 Å². The van der Waals surface area contributed by atoms with Gasteiger partial charge >= 0.3 is 0 Å². The molecule has 2 aromatic heterocycles. The Morgan fingerprint density at radius 1 is 1.19 bits per heavy atom. The lowest BCUT2D eigenvalue weighted by molar-refractivity contribution is -0.121. The summed E-state index contributed by atoms with van der Waals surface area (Å²) in [6.07, 6.45) is 5.24. The van der Waals surface area contributed by atoms with E-state index in [2.05, 4.69) is 26.6 Å². The highest BCUT2D eigenvalue weighted by atomic mass is 32.1. The number of nitrogens with zero attached hydrogens (tertiary/aromatic N) is 3. The number of carbonyl (C=O) groups is 1. The third-order valence-electron chi connectivity index (χ3n) is 5.22. The first-order valence-electron chi connectivity index (χ1n) is 9.24. The van der Waals surface area contributed by atoms with Gasteiger partial charge in [-0.1, -0.05) is 23.5 Å². The molecule has 0 unspecified atom stereocenters. The van der Waals surface area contributed by atoms with Crippen molar-refractivity contribution in [3.05, 3.63) is 35.5 Å². The summed E-state index contributed by atoms with van der Waals surface area (Å²) in [7, 11) is 0. The smallest absolute Gasteiger partial charge is 0.228 e. The average Bonchev–Trinajstić information content (AvgIpc) is 3.14. The quantitative estimate of drug-likeness (QED) is 0.717.